The molecule has 0 radical (unpaired) electrons. The Hall–Kier alpha value is -1.66. The van der Waals surface area contributed by atoms with Crippen molar-refractivity contribution in [3.8, 4) is 11.4 Å². The van der Waals surface area contributed by atoms with E-state index in [1.54, 1.807) is 12.1 Å². The second-order valence-electron chi connectivity index (χ2n) is 5.20. The zero-order valence-electron chi connectivity index (χ0n) is 12.8. The molecule has 3 aromatic rings. The summed E-state index contributed by atoms with van der Waals surface area (Å²) in [5.41, 5.74) is 2.85. The smallest absolute Gasteiger partial charge is 0.191 e. The number of rotatable bonds is 4. The van der Waals surface area contributed by atoms with Crippen molar-refractivity contribution in [2.24, 2.45) is 7.05 Å². The topological polar surface area (TPSA) is 30.7 Å². The van der Waals surface area contributed by atoms with E-state index in [0.717, 1.165) is 26.6 Å². The van der Waals surface area contributed by atoms with E-state index in [9.17, 15) is 4.39 Å². The van der Waals surface area contributed by atoms with E-state index in [-0.39, 0.29) is 5.82 Å². The van der Waals surface area contributed by atoms with Crippen molar-refractivity contribution in [1.29, 1.82) is 0 Å². The first kappa shape index (κ1) is 16.2. The van der Waals surface area contributed by atoms with Gasteiger partial charge in [-0.05, 0) is 36.2 Å². The van der Waals surface area contributed by atoms with Crippen LogP contribution in [0.1, 0.15) is 11.1 Å². The van der Waals surface area contributed by atoms with E-state index in [0.29, 0.717) is 11.3 Å². The summed E-state index contributed by atoms with van der Waals surface area (Å²) in [6, 6.07) is 13.0. The summed E-state index contributed by atoms with van der Waals surface area (Å²) in [5, 5.41) is 9.30. The number of thioether (sulfide) groups is 1. The molecule has 3 rings (SSSR count). The summed E-state index contributed by atoms with van der Waals surface area (Å²) in [4.78, 5) is 0. The number of aryl methyl sites for hydroxylation is 1. The lowest BCUT2D eigenvalue weighted by atomic mass is 10.1. The van der Waals surface area contributed by atoms with Gasteiger partial charge in [0.1, 0.15) is 5.82 Å². The van der Waals surface area contributed by atoms with Gasteiger partial charge in [-0.25, -0.2) is 4.39 Å². The van der Waals surface area contributed by atoms with Crippen LogP contribution in [0.3, 0.4) is 0 Å². The molecule has 0 bridgehead atoms. The largest absolute Gasteiger partial charge is 0.305 e. The molecule has 3 nitrogen and oxygen atoms in total. The molecule has 0 unspecified atom stereocenters. The molecule has 0 atom stereocenters. The molecule has 0 aliphatic rings. The Balaban J connectivity index is 1.83. The maximum Gasteiger partial charge on any atom is 0.191 e. The van der Waals surface area contributed by atoms with Crippen LogP contribution in [0.2, 0.25) is 0 Å². The molecule has 1 aromatic heterocycles. The van der Waals surface area contributed by atoms with Gasteiger partial charge < -0.3 is 4.57 Å². The maximum absolute atomic E-state index is 13.8. The summed E-state index contributed by atoms with van der Waals surface area (Å²) in [7, 11) is 1.93. The molecule has 0 amide bonds. The van der Waals surface area contributed by atoms with Gasteiger partial charge in [0.05, 0.1) is 0 Å². The van der Waals surface area contributed by atoms with Gasteiger partial charge in [0, 0.05) is 22.8 Å². The molecule has 0 aliphatic heterocycles. The fourth-order valence-electron chi connectivity index (χ4n) is 2.30. The first-order chi connectivity index (χ1) is 11.1. The normalized spacial score (nSPS) is 11.0. The Morgan fingerprint density at radius 1 is 1.17 bits per heavy atom. The van der Waals surface area contributed by atoms with Crippen LogP contribution in [-0.2, 0) is 12.8 Å². The third-order valence-electron chi connectivity index (χ3n) is 3.59. The van der Waals surface area contributed by atoms with Crippen LogP contribution < -0.4 is 0 Å². The van der Waals surface area contributed by atoms with Gasteiger partial charge in [-0.2, -0.15) is 0 Å². The highest BCUT2D eigenvalue weighted by molar-refractivity contribution is 9.10. The fraction of sp³-hybridized carbons (Fsp3) is 0.176. The third kappa shape index (κ3) is 3.48. The predicted octanol–water partition coefficient (Wildman–Crippen LogP) is 4.98. The standard InChI is InChI=1S/C17H15BrFN3S/c1-11-5-3-4-6-14(11)16-20-21-17(22(16)2)23-10-12-9-13(18)7-8-15(12)19/h3-9H,10H2,1-2H3. The van der Waals surface area contributed by atoms with E-state index in [2.05, 4.69) is 26.1 Å². The lowest BCUT2D eigenvalue weighted by molar-refractivity contribution is 0.617. The Morgan fingerprint density at radius 3 is 2.74 bits per heavy atom. The number of nitrogens with zero attached hydrogens (tertiary/aromatic N) is 3. The molecule has 0 aliphatic carbocycles. The number of hydrogen-bond donors (Lipinski definition) is 0. The second kappa shape index (κ2) is 6.84. The summed E-state index contributed by atoms with van der Waals surface area (Å²) in [6.07, 6.45) is 0. The molecular formula is C17H15BrFN3S. The lowest BCUT2D eigenvalue weighted by Gasteiger charge is -2.07. The van der Waals surface area contributed by atoms with Crippen LogP contribution in [0, 0.1) is 12.7 Å². The van der Waals surface area contributed by atoms with Gasteiger partial charge in [-0.1, -0.05) is 52.0 Å². The second-order valence-corrected chi connectivity index (χ2v) is 7.06. The monoisotopic (exact) mass is 391 g/mol. The van der Waals surface area contributed by atoms with Gasteiger partial charge in [0.2, 0.25) is 0 Å². The zero-order chi connectivity index (χ0) is 16.4. The fourth-order valence-corrected chi connectivity index (χ4v) is 3.59. The summed E-state index contributed by atoms with van der Waals surface area (Å²) in [5.74, 6) is 1.12. The van der Waals surface area contributed by atoms with Crippen molar-refractivity contribution in [2.45, 2.75) is 17.8 Å². The highest BCUT2D eigenvalue weighted by Crippen LogP contribution is 2.28. The molecular weight excluding hydrogens is 377 g/mol. The Bertz CT molecular complexity index is 848. The van der Waals surface area contributed by atoms with Crippen molar-refractivity contribution >= 4 is 27.7 Å². The van der Waals surface area contributed by atoms with Gasteiger partial charge in [0.25, 0.3) is 0 Å². The van der Waals surface area contributed by atoms with Gasteiger partial charge >= 0.3 is 0 Å². The minimum absolute atomic E-state index is 0.206. The summed E-state index contributed by atoms with van der Waals surface area (Å²) in [6.45, 7) is 2.05. The van der Waals surface area contributed by atoms with Gasteiger partial charge in [-0.15, -0.1) is 10.2 Å². The quantitative estimate of drug-likeness (QED) is 0.587. The van der Waals surface area contributed by atoms with Crippen LogP contribution in [0.5, 0.6) is 0 Å². The summed E-state index contributed by atoms with van der Waals surface area (Å²) >= 11 is 4.84. The first-order valence-electron chi connectivity index (χ1n) is 7.08. The molecule has 0 N–H and O–H groups in total. The first-order valence-corrected chi connectivity index (χ1v) is 8.86. The van der Waals surface area contributed by atoms with Crippen LogP contribution in [0.15, 0.2) is 52.1 Å². The van der Waals surface area contributed by atoms with E-state index in [1.165, 1.54) is 17.8 Å². The number of hydrogen-bond acceptors (Lipinski definition) is 3. The van der Waals surface area contributed by atoms with Crippen molar-refractivity contribution < 1.29 is 4.39 Å². The van der Waals surface area contributed by atoms with Crippen LogP contribution in [0.25, 0.3) is 11.4 Å². The van der Waals surface area contributed by atoms with Gasteiger partial charge in [0.15, 0.2) is 11.0 Å². The molecule has 2 aromatic carbocycles. The average Bonchev–Trinajstić information content (AvgIpc) is 2.90. The highest BCUT2D eigenvalue weighted by atomic mass is 79.9. The van der Waals surface area contributed by atoms with Crippen LogP contribution in [-0.4, -0.2) is 14.8 Å². The Labute approximate surface area is 147 Å². The number of aromatic nitrogens is 3. The lowest BCUT2D eigenvalue weighted by Crippen LogP contribution is -1.97. The SMILES string of the molecule is Cc1ccccc1-c1nnc(SCc2cc(Br)ccc2F)n1C. The molecule has 6 heteroatoms. The van der Waals surface area contributed by atoms with E-state index in [1.807, 2.05) is 42.8 Å². The molecule has 118 valence electrons. The minimum Gasteiger partial charge on any atom is -0.305 e. The zero-order valence-corrected chi connectivity index (χ0v) is 15.2. The maximum atomic E-state index is 13.8. The van der Waals surface area contributed by atoms with Crippen LogP contribution >= 0.6 is 27.7 Å². The van der Waals surface area contributed by atoms with E-state index < -0.39 is 0 Å². The average molecular weight is 392 g/mol. The van der Waals surface area contributed by atoms with E-state index >= 15 is 0 Å². The molecule has 0 saturated heterocycles. The minimum atomic E-state index is -0.206. The van der Waals surface area contributed by atoms with Gasteiger partial charge in [-0.3, -0.25) is 0 Å². The molecule has 1 heterocycles. The summed E-state index contributed by atoms with van der Waals surface area (Å²) < 4.78 is 16.6. The van der Waals surface area contributed by atoms with Crippen molar-refractivity contribution in [2.75, 3.05) is 0 Å². The van der Waals surface area contributed by atoms with Crippen molar-refractivity contribution in [3.63, 3.8) is 0 Å². The van der Waals surface area contributed by atoms with Crippen molar-refractivity contribution in [3.05, 3.63) is 63.9 Å². The molecule has 0 spiro atoms. The third-order valence-corrected chi connectivity index (χ3v) is 5.15. The predicted molar refractivity (Wildman–Crippen MR) is 94.8 cm³/mol. The number of benzene rings is 2. The Morgan fingerprint density at radius 2 is 1.96 bits per heavy atom. The molecule has 0 saturated carbocycles. The van der Waals surface area contributed by atoms with Crippen LogP contribution in [0.4, 0.5) is 4.39 Å². The van der Waals surface area contributed by atoms with Crippen molar-refractivity contribution in [1.82, 2.24) is 14.8 Å². The molecule has 0 fully saturated rings. The highest BCUT2D eigenvalue weighted by Gasteiger charge is 2.13. The Kier molecular flexibility index (Phi) is 4.82. The van der Waals surface area contributed by atoms with E-state index in [4.69, 9.17) is 0 Å². The molecule has 23 heavy (non-hydrogen) atoms. The number of halogens is 2.